The summed E-state index contributed by atoms with van der Waals surface area (Å²) in [5, 5.41) is 12.8. The number of benzene rings is 3. The van der Waals surface area contributed by atoms with Crippen molar-refractivity contribution in [2.24, 2.45) is 4.99 Å². The minimum atomic E-state index is -0.215. The fourth-order valence-corrected chi connectivity index (χ4v) is 4.86. The van der Waals surface area contributed by atoms with E-state index >= 15 is 0 Å². The van der Waals surface area contributed by atoms with Crippen LogP contribution in [0.3, 0.4) is 0 Å². The largest absolute Gasteiger partial charge is 0.493 e. The summed E-state index contributed by atoms with van der Waals surface area (Å²) in [5.41, 5.74) is 4.07. The van der Waals surface area contributed by atoms with Crippen LogP contribution in [0.5, 0.6) is 11.6 Å². The average Bonchev–Trinajstić information content (AvgIpc) is 3.35. The molecule has 3 aromatic carbocycles. The highest BCUT2D eigenvalue weighted by molar-refractivity contribution is 7.10. The van der Waals surface area contributed by atoms with Gasteiger partial charge in [-0.3, -0.25) is 14.4 Å². The molecule has 0 spiro atoms. The Hall–Kier alpha value is -3.64. The van der Waals surface area contributed by atoms with Gasteiger partial charge in [0.05, 0.1) is 17.1 Å². The lowest BCUT2D eigenvalue weighted by atomic mass is 10.0. The Kier molecular flexibility index (Phi) is 5.37. The van der Waals surface area contributed by atoms with Gasteiger partial charge < -0.3 is 9.84 Å². The average molecular weight is 443 g/mol. The lowest BCUT2D eigenvalue weighted by Gasteiger charge is -2.10. The van der Waals surface area contributed by atoms with Gasteiger partial charge in [-0.15, -0.1) is 0 Å². The van der Waals surface area contributed by atoms with Crippen molar-refractivity contribution in [2.45, 2.75) is 19.9 Å². The molecule has 32 heavy (non-hydrogen) atoms. The quantitative estimate of drug-likeness (QED) is 0.419. The van der Waals surface area contributed by atoms with E-state index in [2.05, 4.69) is 18.0 Å². The zero-order valence-corrected chi connectivity index (χ0v) is 18.4. The molecule has 1 aliphatic heterocycles. The van der Waals surface area contributed by atoms with Gasteiger partial charge in [-0.1, -0.05) is 72.9 Å². The zero-order valence-electron chi connectivity index (χ0n) is 17.6. The molecule has 2 heterocycles. The van der Waals surface area contributed by atoms with E-state index in [9.17, 15) is 9.90 Å². The van der Waals surface area contributed by atoms with E-state index in [4.69, 9.17) is 4.74 Å². The normalized spacial score (nSPS) is 13.7. The molecule has 5 rings (SSSR count). The fraction of sp³-hybridized carbons (Fsp3) is 0.154. The number of thiazole rings is 1. The molecule has 160 valence electrons. The number of nitrogens with zero attached hydrogens (tertiary/aromatic N) is 2. The number of ether oxygens (including phenoxy) is 1. The first-order valence-corrected chi connectivity index (χ1v) is 11.4. The Morgan fingerprint density at radius 3 is 2.78 bits per heavy atom. The second-order valence-electron chi connectivity index (χ2n) is 7.56. The minimum absolute atomic E-state index is 0.0393. The van der Waals surface area contributed by atoms with Crippen molar-refractivity contribution in [3.8, 4) is 11.6 Å². The van der Waals surface area contributed by atoms with E-state index in [1.807, 2.05) is 60.7 Å². The van der Waals surface area contributed by atoms with Crippen LogP contribution in [-0.4, -0.2) is 22.5 Å². The molecule has 0 amide bonds. The topological polar surface area (TPSA) is 63.8 Å². The summed E-state index contributed by atoms with van der Waals surface area (Å²) in [5.74, 6) is 0.723. The maximum Gasteiger partial charge on any atom is 0.310 e. The van der Waals surface area contributed by atoms with Crippen molar-refractivity contribution in [2.75, 3.05) is 6.61 Å². The molecule has 1 aromatic heterocycles. The number of aromatic hydroxyl groups is 1. The van der Waals surface area contributed by atoms with Crippen molar-refractivity contribution in [1.29, 1.82) is 0 Å². The van der Waals surface area contributed by atoms with Crippen LogP contribution in [0.2, 0.25) is 0 Å². The number of hydrogen-bond donors (Lipinski definition) is 1. The van der Waals surface area contributed by atoms with Crippen LogP contribution in [0, 0.1) is 0 Å². The first kappa shape index (κ1) is 20.3. The molecule has 0 saturated heterocycles. The van der Waals surface area contributed by atoms with Gasteiger partial charge in [-0.05, 0) is 29.5 Å². The predicted molar refractivity (Wildman–Crippen MR) is 132 cm³/mol. The number of rotatable bonds is 6. The van der Waals surface area contributed by atoms with E-state index in [-0.39, 0.29) is 23.9 Å². The van der Waals surface area contributed by atoms with Crippen molar-refractivity contribution in [1.82, 2.24) is 4.57 Å². The summed E-state index contributed by atoms with van der Waals surface area (Å²) >= 11 is 1.03. The van der Waals surface area contributed by atoms with Crippen LogP contribution in [0.1, 0.15) is 22.9 Å². The molecule has 0 saturated carbocycles. The molecular formula is C26H22N2O3S. The molecule has 1 N–H and O–H groups in total. The zero-order chi connectivity index (χ0) is 22.1. The maximum absolute atomic E-state index is 12.5. The Balaban J connectivity index is 1.36. The standard InChI is InChI=1S/C26H22N2O3S/c1-2-17-8-5-11-21-19(16-27-24(17)21)15-23-25(29)28(26(30)32-23)13-14-31-22-12-6-9-18-7-3-4-10-20(18)22/h3-12,15-16,29H,2,13-14H2,1H3/b19-15+. The summed E-state index contributed by atoms with van der Waals surface area (Å²) in [6.45, 7) is 2.64. The second kappa shape index (κ2) is 8.48. The lowest BCUT2D eigenvalue weighted by molar-refractivity contribution is 0.289. The molecule has 0 unspecified atom stereocenters. The smallest absolute Gasteiger partial charge is 0.310 e. The third-order valence-corrected chi connectivity index (χ3v) is 6.56. The molecule has 4 aromatic rings. The first-order valence-electron chi connectivity index (χ1n) is 10.6. The van der Waals surface area contributed by atoms with E-state index in [0.29, 0.717) is 4.88 Å². The second-order valence-corrected chi connectivity index (χ2v) is 8.55. The van der Waals surface area contributed by atoms with Gasteiger partial charge in [0.25, 0.3) is 0 Å². The molecule has 0 radical (unpaired) electrons. The van der Waals surface area contributed by atoms with Crippen molar-refractivity contribution in [3.05, 3.63) is 86.3 Å². The van der Waals surface area contributed by atoms with Gasteiger partial charge >= 0.3 is 4.87 Å². The molecule has 0 bridgehead atoms. The van der Waals surface area contributed by atoms with E-state index in [0.717, 1.165) is 51.1 Å². The summed E-state index contributed by atoms with van der Waals surface area (Å²) in [6.07, 6.45) is 4.53. The fourth-order valence-electron chi connectivity index (χ4n) is 4.00. The van der Waals surface area contributed by atoms with Crippen LogP contribution >= 0.6 is 11.3 Å². The minimum Gasteiger partial charge on any atom is -0.493 e. The van der Waals surface area contributed by atoms with Crippen molar-refractivity contribution < 1.29 is 9.84 Å². The van der Waals surface area contributed by atoms with Crippen LogP contribution < -0.4 is 9.61 Å². The summed E-state index contributed by atoms with van der Waals surface area (Å²) in [6, 6.07) is 20.0. The van der Waals surface area contributed by atoms with Gasteiger partial charge in [0, 0.05) is 22.7 Å². The summed E-state index contributed by atoms with van der Waals surface area (Å²) < 4.78 is 7.30. The van der Waals surface area contributed by atoms with Gasteiger partial charge in [-0.25, -0.2) is 0 Å². The number of para-hydroxylation sites is 1. The van der Waals surface area contributed by atoms with E-state index in [1.54, 1.807) is 6.21 Å². The van der Waals surface area contributed by atoms with Gasteiger partial charge in [0.1, 0.15) is 12.4 Å². The Bertz CT molecular complexity index is 1420. The molecule has 0 fully saturated rings. The number of aliphatic imine (C=N–C) groups is 1. The molecule has 6 heteroatoms. The highest BCUT2D eigenvalue weighted by Crippen LogP contribution is 2.37. The van der Waals surface area contributed by atoms with Crippen molar-refractivity contribution in [3.63, 3.8) is 0 Å². The number of hydrogen-bond acceptors (Lipinski definition) is 5. The third kappa shape index (κ3) is 3.63. The summed E-state index contributed by atoms with van der Waals surface area (Å²) in [7, 11) is 0. The first-order chi connectivity index (χ1) is 15.7. The Morgan fingerprint density at radius 2 is 1.91 bits per heavy atom. The van der Waals surface area contributed by atoms with Crippen LogP contribution in [0.15, 0.2) is 70.5 Å². The van der Waals surface area contributed by atoms with Gasteiger partial charge in [0.2, 0.25) is 5.88 Å². The third-order valence-electron chi connectivity index (χ3n) is 5.65. The highest BCUT2D eigenvalue weighted by Gasteiger charge is 2.18. The molecular weight excluding hydrogens is 420 g/mol. The number of aromatic nitrogens is 1. The van der Waals surface area contributed by atoms with E-state index in [1.165, 1.54) is 10.1 Å². The molecule has 1 aliphatic rings. The molecule has 5 nitrogen and oxygen atoms in total. The van der Waals surface area contributed by atoms with Gasteiger partial charge in [-0.2, -0.15) is 0 Å². The summed E-state index contributed by atoms with van der Waals surface area (Å²) in [4.78, 5) is 17.4. The van der Waals surface area contributed by atoms with Gasteiger partial charge in [0.15, 0.2) is 0 Å². The number of aryl methyl sites for hydroxylation is 1. The van der Waals surface area contributed by atoms with E-state index < -0.39 is 0 Å². The lowest BCUT2D eigenvalue weighted by Crippen LogP contribution is -2.17. The molecule has 0 atom stereocenters. The molecule has 0 aliphatic carbocycles. The highest BCUT2D eigenvalue weighted by atomic mass is 32.1. The van der Waals surface area contributed by atoms with Crippen LogP contribution in [0.4, 0.5) is 5.69 Å². The number of fused-ring (bicyclic) bond motifs is 2. The Labute approximate surface area is 189 Å². The predicted octanol–water partition coefficient (Wildman–Crippen LogP) is 5.67. The maximum atomic E-state index is 12.5. The Morgan fingerprint density at radius 1 is 1.09 bits per heavy atom. The van der Waals surface area contributed by atoms with Crippen LogP contribution in [0.25, 0.3) is 22.4 Å². The van der Waals surface area contributed by atoms with Crippen molar-refractivity contribution >= 4 is 45.7 Å². The number of allylic oxidation sites excluding steroid dienone is 1. The SMILES string of the molecule is CCc1cccc2c1N=C/C2=C\c1sc(=O)n(CCOc2cccc3ccccc23)c1O. The monoisotopic (exact) mass is 442 g/mol. The van der Waals surface area contributed by atoms with Crippen LogP contribution in [-0.2, 0) is 13.0 Å².